The van der Waals surface area contributed by atoms with E-state index in [0.29, 0.717) is 47.5 Å². The fourth-order valence-electron chi connectivity index (χ4n) is 3.87. The second-order valence-electron chi connectivity index (χ2n) is 7.99. The van der Waals surface area contributed by atoms with Crippen LogP contribution < -0.4 is 10.9 Å². The highest BCUT2D eigenvalue weighted by molar-refractivity contribution is 7.99. The van der Waals surface area contributed by atoms with Gasteiger partial charge in [0.1, 0.15) is 0 Å². The van der Waals surface area contributed by atoms with Crippen LogP contribution in [-0.2, 0) is 23.1 Å². The van der Waals surface area contributed by atoms with E-state index in [1.807, 2.05) is 32.9 Å². The number of amides is 1. The van der Waals surface area contributed by atoms with Crippen molar-refractivity contribution in [3.63, 3.8) is 0 Å². The fraction of sp³-hybridized carbons (Fsp3) is 0.435. The number of carbonyl (C=O) groups is 1. The predicted molar refractivity (Wildman–Crippen MR) is 123 cm³/mol. The van der Waals surface area contributed by atoms with E-state index in [4.69, 9.17) is 14.8 Å². The lowest BCUT2D eigenvalue weighted by molar-refractivity contribution is 0.0944. The zero-order valence-corrected chi connectivity index (χ0v) is 19.1. The van der Waals surface area contributed by atoms with Gasteiger partial charge in [0, 0.05) is 41.8 Å². The van der Waals surface area contributed by atoms with Gasteiger partial charge in [-0.2, -0.15) is 0 Å². The molecular weight excluding hydrogens is 414 g/mol. The zero-order valence-electron chi connectivity index (χ0n) is 18.2. The number of carbonyl (C=O) groups excluding carboxylic acids is 1. The second-order valence-corrected chi connectivity index (χ2v) is 8.88. The number of hydrogen-bond donors (Lipinski definition) is 2. The number of thioether (sulfide) groups is 1. The Morgan fingerprint density at radius 2 is 2.23 bits per heavy atom. The minimum absolute atomic E-state index is 0.0655. The number of ether oxygens (including phenoxy) is 1. The molecule has 0 bridgehead atoms. The topological polar surface area (TPSA) is 93.5 Å². The molecule has 7 nitrogen and oxygen atoms in total. The van der Waals surface area contributed by atoms with E-state index in [1.54, 1.807) is 16.7 Å². The second kappa shape index (κ2) is 9.80. The van der Waals surface area contributed by atoms with Crippen LogP contribution in [0.2, 0.25) is 0 Å². The van der Waals surface area contributed by atoms with Crippen LogP contribution in [0.5, 0.6) is 0 Å². The van der Waals surface area contributed by atoms with E-state index in [1.165, 1.54) is 11.8 Å². The standard InChI is InChI=1S/C23H29N3O4S/c1-5-10-26-21(29)18-19(25-22(26)31-14-30-6-2)17-8-7-15(20(28)24-9-11-27)12-16(17)13-23(18,3)4/h5,7-8,12,27H,1,6,9-11,13-14H2,2-4H3,(H,24,28). The van der Waals surface area contributed by atoms with Gasteiger partial charge in [0.2, 0.25) is 0 Å². The SMILES string of the molecule is C=CCn1c(SCOCC)nc2c(c1=O)C(C)(C)Cc1cc(C(=O)NCCO)ccc1-2. The molecule has 0 fully saturated rings. The van der Waals surface area contributed by atoms with Crippen molar-refractivity contribution in [3.8, 4) is 11.3 Å². The number of allylic oxidation sites excluding steroid dienone is 1. The van der Waals surface area contributed by atoms with Crippen LogP contribution in [-0.4, -0.2) is 46.3 Å². The minimum atomic E-state index is -0.446. The zero-order chi connectivity index (χ0) is 22.6. The molecular formula is C23H29N3O4S. The van der Waals surface area contributed by atoms with Gasteiger partial charge in [-0.15, -0.1) is 6.58 Å². The van der Waals surface area contributed by atoms with Gasteiger partial charge in [0.15, 0.2) is 5.16 Å². The number of nitrogens with one attached hydrogen (secondary N) is 1. The Morgan fingerprint density at radius 3 is 2.90 bits per heavy atom. The van der Waals surface area contributed by atoms with Crippen molar-refractivity contribution >= 4 is 17.7 Å². The first-order valence-corrected chi connectivity index (χ1v) is 11.3. The quantitative estimate of drug-likeness (QED) is 0.204. The number of aliphatic hydroxyl groups excluding tert-OH is 1. The van der Waals surface area contributed by atoms with Crippen molar-refractivity contribution < 1.29 is 14.6 Å². The first kappa shape index (κ1) is 23.2. The number of benzene rings is 1. The molecule has 0 aliphatic heterocycles. The van der Waals surface area contributed by atoms with Crippen molar-refractivity contribution in [2.75, 3.05) is 25.7 Å². The van der Waals surface area contributed by atoms with Crippen molar-refractivity contribution in [2.45, 2.75) is 44.3 Å². The molecule has 1 heterocycles. The number of hydrogen-bond acceptors (Lipinski definition) is 6. The summed E-state index contributed by atoms with van der Waals surface area (Å²) in [4.78, 5) is 30.7. The van der Waals surface area contributed by atoms with E-state index >= 15 is 0 Å². The smallest absolute Gasteiger partial charge is 0.258 e. The maximum absolute atomic E-state index is 13.5. The minimum Gasteiger partial charge on any atom is -0.395 e. The molecule has 31 heavy (non-hydrogen) atoms. The number of rotatable bonds is 9. The molecule has 0 saturated carbocycles. The molecule has 8 heteroatoms. The van der Waals surface area contributed by atoms with Crippen molar-refractivity contribution in [3.05, 3.63) is 57.9 Å². The maximum atomic E-state index is 13.5. The summed E-state index contributed by atoms with van der Waals surface area (Å²) in [5.41, 5.74) is 3.20. The van der Waals surface area contributed by atoms with Crippen molar-refractivity contribution in [1.29, 1.82) is 0 Å². The van der Waals surface area contributed by atoms with E-state index in [0.717, 1.165) is 11.1 Å². The molecule has 0 unspecified atom stereocenters. The van der Waals surface area contributed by atoms with Gasteiger partial charge < -0.3 is 15.2 Å². The molecule has 1 aromatic heterocycles. The monoisotopic (exact) mass is 443 g/mol. The first-order chi connectivity index (χ1) is 14.8. The Hall–Kier alpha value is -2.42. The maximum Gasteiger partial charge on any atom is 0.258 e. The molecule has 1 aliphatic carbocycles. The van der Waals surface area contributed by atoms with Crippen LogP contribution in [0.3, 0.4) is 0 Å². The molecule has 2 N–H and O–H groups in total. The predicted octanol–water partition coefficient (Wildman–Crippen LogP) is 2.74. The number of fused-ring (bicyclic) bond motifs is 3. The van der Waals surface area contributed by atoms with Gasteiger partial charge in [-0.3, -0.25) is 14.2 Å². The molecule has 166 valence electrons. The molecule has 0 saturated heterocycles. The summed E-state index contributed by atoms with van der Waals surface area (Å²) in [6, 6.07) is 5.45. The van der Waals surface area contributed by atoms with Crippen molar-refractivity contribution in [1.82, 2.24) is 14.9 Å². The number of aliphatic hydroxyl groups is 1. The summed E-state index contributed by atoms with van der Waals surface area (Å²) in [6.07, 6.45) is 2.31. The van der Waals surface area contributed by atoms with Crippen LogP contribution in [0.25, 0.3) is 11.3 Å². The van der Waals surface area contributed by atoms with Crippen LogP contribution in [0.15, 0.2) is 40.8 Å². The van der Waals surface area contributed by atoms with Crippen LogP contribution in [0, 0.1) is 0 Å². The molecule has 0 radical (unpaired) electrons. The molecule has 2 aromatic rings. The van der Waals surface area contributed by atoms with E-state index in [-0.39, 0.29) is 24.6 Å². The Kier molecular flexibility index (Phi) is 7.35. The van der Waals surface area contributed by atoms with Gasteiger partial charge in [-0.1, -0.05) is 37.8 Å². The largest absolute Gasteiger partial charge is 0.395 e. The van der Waals surface area contributed by atoms with Crippen LogP contribution in [0.1, 0.15) is 42.3 Å². The number of nitrogens with zero attached hydrogens (tertiary/aromatic N) is 2. The van der Waals surface area contributed by atoms with Gasteiger partial charge in [0.05, 0.1) is 18.2 Å². The average Bonchev–Trinajstić information content (AvgIpc) is 2.73. The Labute approximate surface area is 186 Å². The molecule has 0 spiro atoms. The average molecular weight is 444 g/mol. The highest BCUT2D eigenvalue weighted by Crippen LogP contribution is 2.41. The molecule has 1 amide bonds. The Morgan fingerprint density at radius 1 is 1.45 bits per heavy atom. The lowest BCUT2D eigenvalue weighted by Crippen LogP contribution is -2.38. The van der Waals surface area contributed by atoms with Crippen LogP contribution in [0.4, 0.5) is 0 Å². The lowest BCUT2D eigenvalue weighted by atomic mass is 9.72. The normalized spacial score (nSPS) is 13.9. The van der Waals surface area contributed by atoms with Gasteiger partial charge in [-0.05, 0) is 31.0 Å². The molecule has 0 atom stereocenters. The number of aromatic nitrogens is 2. The summed E-state index contributed by atoms with van der Waals surface area (Å²) < 4.78 is 7.11. The highest BCUT2D eigenvalue weighted by Gasteiger charge is 2.36. The summed E-state index contributed by atoms with van der Waals surface area (Å²) in [5.74, 6) is 0.168. The van der Waals surface area contributed by atoms with E-state index in [2.05, 4.69) is 11.9 Å². The van der Waals surface area contributed by atoms with Gasteiger partial charge in [0.25, 0.3) is 11.5 Å². The highest BCUT2D eigenvalue weighted by atomic mass is 32.2. The summed E-state index contributed by atoms with van der Waals surface area (Å²) in [5, 5.41) is 12.2. The van der Waals surface area contributed by atoms with Gasteiger partial charge in [-0.25, -0.2) is 4.98 Å². The third-order valence-electron chi connectivity index (χ3n) is 5.25. The third kappa shape index (κ3) is 4.76. The summed E-state index contributed by atoms with van der Waals surface area (Å²) >= 11 is 1.38. The molecule has 3 rings (SSSR count). The van der Waals surface area contributed by atoms with E-state index in [9.17, 15) is 9.59 Å². The van der Waals surface area contributed by atoms with E-state index < -0.39 is 5.41 Å². The van der Waals surface area contributed by atoms with Gasteiger partial charge >= 0.3 is 0 Å². The molecule has 1 aromatic carbocycles. The Balaban J connectivity index is 2.14. The summed E-state index contributed by atoms with van der Waals surface area (Å²) in [6.45, 7) is 10.8. The first-order valence-electron chi connectivity index (χ1n) is 10.3. The van der Waals surface area contributed by atoms with Crippen molar-refractivity contribution in [2.24, 2.45) is 0 Å². The lowest BCUT2D eigenvalue weighted by Gasteiger charge is -2.33. The van der Waals surface area contributed by atoms with Crippen LogP contribution >= 0.6 is 11.8 Å². The molecule has 1 aliphatic rings. The Bertz CT molecular complexity index is 1050. The summed E-state index contributed by atoms with van der Waals surface area (Å²) in [7, 11) is 0. The fourth-order valence-corrected chi connectivity index (χ4v) is 4.69. The third-order valence-corrected chi connectivity index (χ3v) is 6.10.